The molecular formula is C10H18N4. The number of hydrogen-bond acceptors (Lipinski definition) is 4. The summed E-state index contributed by atoms with van der Waals surface area (Å²) in [4.78, 5) is 4.37. The second kappa shape index (κ2) is 3.12. The molecule has 1 unspecified atom stereocenters. The molecule has 4 heteroatoms. The van der Waals surface area contributed by atoms with Gasteiger partial charge in [0, 0.05) is 12.6 Å². The summed E-state index contributed by atoms with van der Waals surface area (Å²) >= 11 is 0. The molecule has 0 amide bonds. The number of nitrogens with zero attached hydrogens (tertiary/aromatic N) is 1. The number of nitrogens with one attached hydrogen (secondary N) is 3. The lowest BCUT2D eigenvalue weighted by atomic mass is 9.94. The molecule has 2 heterocycles. The van der Waals surface area contributed by atoms with Gasteiger partial charge in [-0.2, -0.15) is 0 Å². The SMILES string of the molecule is C1CNC(NC2CC23CCNCC3)=N1. The highest BCUT2D eigenvalue weighted by molar-refractivity contribution is 5.82. The van der Waals surface area contributed by atoms with Crippen LogP contribution in [0.2, 0.25) is 0 Å². The molecule has 3 N–H and O–H groups in total. The van der Waals surface area contributed by atoms with Crippen molar-refractivity contribution in [2.24, 2.45) is 10.4 Å². The molecule has 0 bridgehead atoms. The van der Waals surface area contributed by atoms with E-state index in [1.54, 1.807) is 0 Å². The third-order valence-electron chi connectivity index (χ3n) is 3.77. The first kappa shape index (κ1) is 8.53. The Hall–Kier alpha value is -0.770. The average molecular weight is 194 g/mol. The van der Waals surface area contributed by atoms with Crippen LogP contribution in [-0.4, -0.2) is 38.2 Å². The van der Waals surface area contributed by atoms with Crippen molar-refractivity contribution < 1.29 is 0 Å². The zero-order valence-corrected chi connectivity index (χ0v) is 8.47. The maximum atomic E-state index is 4.37. The lowest BCUT2D eigenvalue weighted by Crippen LogP contribution is -2.40. The van der Waals surface area contributed by atoms with E-state index in [2.05, 4.69) is 20.9 Å². The lowest BCUT2D eigenvalue weighted by molar-refractivity contribution is 0.336. The zero-order valence-electron chi connectivity index (χ0n) is 8.47. The van der Waals surface area contributed by atoms with Gasteiger partial charge in [0.15, 0.2) is 5.96 Å². The quantitative estimate of drug-likeness (QED) is 0.536. The van der Waals surface area contributed by atoms with Gasteiger partial charge in [0.05, 0.1) is 6.54 Å². The second-order valence-corrected chi connectivity index (χ2v) is 4.67. The summed E-state index contributed by atoms with van der Waals surface area (Å²) in [5.41, 5.74) is 0.609. The second-order valence-electron chi connectivity index (χ2n) is 4.67. The Morgan fingerprint density at radius 1 is 1.29 bits per heavy atom. The van der Waals surface area contributed by atoms with Gasteiger partial charge in [-0.05, 0) is 37.8 Å². The fraction of sp³-hybridized carbons (Fsp3) is 0.900. The maximum absolute atomic E-state index is 4.37. The average Bonchev–Trinajstić information content (AvgIpc) is 2.67. The van der Waals surface area contributed by atoms with Crippen LogP contribution in [0.5, 0.6) is 0 Å². The van der Waals surface area contributed by atoms with Crippen LogP contribution in [0.1, 0.15) is 19.3 Å². The molecule has 3 aliphatic rings. The van der Waals surface area contributed by atoms with Crippen LogP contribution >= 0.6 is 0 Å². The first-order valence-electron chi connectivity index (χ1n) is 5.65. The van der Waals surface area contributed by atoms with Gasteiger partial charge in [0.2, 0.25) is 0 Å². The summed E-state index contributed by atoms with van der Waals surface area (Å²) < 4.78 is 0. The van der Waals surface area contributed by atoms with Crippen LogP contribution in [0.4, 0.5) is 0 Å². The number of hydrogen-bond donors (Lipinski definition) is 3. The fourth-order valence-corrected chi connectivity index (χ4v) is 2.69. The van der Waals surface area contributed by atoms with Crippen molar-refractivity contribution in [2.45, 2.75) is 25.3 Å². The van der Waals surface area contributed by atoms with E-state index >= 15 is 0 Å². The number of piperidine rings is 1. The molecular weight excluding hydrogens is 176 g/mol. The number of aliphatic imine (C=N–C) groups is 1. The van der Waals surface area contributed by atoms with Crippen molar-refractivity contribution in [3.8, 4) is 0 Å². The van der Waals surface area contributed by atoms with Crippen LogP contribution in [0.3, 0.4) is 0 Å². The van der Waals surface area contributed by atoms with Crippen molar-refractivity contribution >= 4 is 5.96 Å². The predicted molar refractivity (Wildman–Crippen MR) is 56.4 cm³/mol. The van der Waals surface area contributed by atoms with Gasteiger partial charge >= 0.3 is 0 Å². The minimum absolute atomic E-state index is 0.609. The van der Waals surface area contributed by atoms with E-state index in [4.69, 9.17) is 0 Å². The Balaban J connectivity index is 1.56. The van der Waals surface area contributed by atoms with Gasteiger partial charge in [-0.25, -0.2) is 0 Å². The van der Waals surface area contributed by atoms with E-state index in [1.165, 1.54) is 32.4 Å². The molecule has 2 aliphatic heterocycles. The van der Waals surface area contributed by atoms with Crippen LogP contribution in [0, 0.1) is 5.41 Å². The Labute approximate surface area is 84.6 Å². The van der Waals surface area contributed by atoms with E-state index < -0.39 is 0 Å². The number of rotatable bonds is 1. The van der Waals surface area contributed by atoms with Crippen LogP contribution in [0.15, 0.2) is 4.99 Å². The summed E-state index contributed by atoms with van der Waals surface area (Å²) in [6, 6.07) is 0.689. The van der Waals surface area contributed by atoms with Crippen molar-refractivity contribution in [2.75, 3.05) is 26.2 Å². The Morgan fingerprint density at radius 3 is 2.86 bits per heavy atom. The third kappa shape index (κ3) is 1.38. The van der Waals surface area contributed by atoms with E-state index in [0.717, 1.165) is 19.0 Å². The minimum atomic E-state index is 0.609. The molecule has 1 saturated heterocycles. The normalized spacial score (nSPS) is 33.7. The molecule has 1 saturated carbocycles. The first-order chi connectivity index (χ1) is 6.89. The summed E-state index contributed by atoms with van der Waals surface area (Å²) in [6.45, 7) is 4.32. The van der Waals surface area contributed by atoms with Crippen molar-refractivity contribution in [3.05, 3.63) is 0 Å². The van der Waals surface area contributed by atoms with Crippen molar-refractivity contribution in [3.63, 3.8) is 0 Å². The van der Waals surface area contributed by atoms with Gasteiger partial charge in [0.25, 0.3) is 0 Å². The smallest absolute Gasteiger partial charge is 0.191 e. The molecule has 0 radical (unpaired) electrons. The van der Waals surface area contributed by atoms with E-state index in [9.17, 15) is 0 Å². The standard InChI is InChI=1S/C10H18N4/c1-3-11-4-2-10(1)7-8(10)14-9-12-5-6-13-9/h8,11H,1-7H2,(H2,12,13,14). The highest BCUT2D eigenvalue weighted by Gasteiger charge is 2.54. The number of guanidine groups is 1. The highest BCUT2D eigenvalue weighted by atomic mass is 15.2. The predicted octanol–water partition coefficient (Wildman–Crippen LogP) is -0.323. The summed E-state index contributed by atoms with van der Waals surface area (Å²) in [5.74, 6) is 1.03. The molecule has 4 nitrogen and oxygen atoms in total. The third-order valence-corrected chi connectivity index (χ3v) is 3.77. The zero-order chi connectivity index (χ0) is 9.43. The van der Waals surface area contributed by atoms with Gasteiger partial charge in [-0.1, -0.05) is 0 Å². The van der Waals surface area contributed by atoms with Gasteiger partial charge in [0.1, 0.15) is 0 Å². The monoisotopic (exact) mass is 194 g/mol. The fourth-order valence-electron chi connectivity index (χ4n) is 2.69. The molecule has 3 rings (SSSR count). The molecule has 0 aromatic carbocycles. The Morgan fingerprint density at radius 2 is 2.14 bits per heavy atom. The molecule has 2 fully saturated rings. The molecule has 0 aromatic heterocycles. The highest BCUT2D eigenvalue weighted by Crippen LogP contribution is 2.52. The molecule has 1 spiro atoms. The molecule has 78 valence electrons. The topological polar surface area (TPSA) is 48.4 Å². The van der Waals surface area contributed by atoms with Crippen LogP contribution in [0.25, 0.3) is 0 Å². The van der Waals surface area contributed by atoms with Gasteiger partial charge in [-0.15, -0.1) is 0 Å². The lowest BCUT2D eigenvalue weighted by Gasteiger charge is -2.23. The van der Waals surface area contributed by atoms with E-state index in [-0.39, 0.29) is 0 Å². The maximum Gasteiger partial charge on any atom is 0.191 e. The van der Waals surface area contributed by atoms with Gasteiger partial charge < -0.3 is 16.0 Å². The molecule has 14 heavy (non-hydrogen) atoms. The molecule has 1 atom stereocenters. The van der Waals surface area contributed by atoms with Gasteiger partial charge in [-0.3, -0.25) is 4.99 Å². The summed E-state index contributed by atoms with van der Waals surface area (Å²) in [6.07, 6.45) is 4.01. The van der Waals surface area contributed by atoms with Crippen LogP contribution < -0.4 is 16.0 Å². The molecule has 1 aliphatic carbocycles. The van der Waals surface area contributed by atoms with E-state index in [0.29, 0.717) is 11.5 Å². The van der Waals surface area contributed by atoms with Crippen LogP contribution in [-0.2, 0) is 0 Å². The van der Waals surface area contributed by atoms with E-state index in [1.807, 2.05) is 0 Å². The van der Waals surface area contributed by atoms with Crippen molar-refractivity contribution in [1.82, 2.24) is 16.0 Å². The largest absolute Gasteiger partial charge is 0.355 e. The Bertz CT molecular complexity index is 255. The summed E-state index contributed by atoms with van der Waals surface area (Å²) in [7, 11) is 0. The summed E-state index contributed by atoms with van der Waals surface area (Å²) in [5, 5.41) is 10.2. The Kier molecular flexibility index (Phi) is 1.90. The van der Waals surface area contributed by atoms with Crippen molar-refractivity contribution in [1.29, 1.82) is 0 Å². The minimum Gasteiger partial charge on any atom is -0.355 e. The molecule has 0 aromatic rings. The first-order valence-corrected chi connectivity index (χ1v) is 5.65.